The third-order valence-electron chi connectivity index (χ3n) is 8.37. The molecule has 0 aliphatic carbocycles. The highest BCUT2D eigenvalue weighted by Gasteiger charge is 2.23. The molecule has 0 bridgehead atoms. The molecule has 10 nitrogen and oxygen atoms in total. The second-order valence-electron chi connectivity index (χ2n) is 19.0. The first-order valence-electron chi connectivity index (χ1n) is 24.3. The Bertz CT molecular complexity index is 711. The molecule has 0 saturated heterocycles. The zero-order valence-corrected chi connectivity index (χ0v) is 94.2. The lowest BCUT2D eigenvalue weighted by atomic mass is 10.8. The summed E-state index contributed by atoms with van der Waals surface area (Å²) in [7, 11) is 24.3. The lowest BCUT2D eigenvalue weighted by Crippen LogP contribution is -2.57. The first-order valence-corrected chi connectivity index (χ1v) is 58.7. The van der Waals surface area contributed by atoms with Crippen molar-refractivity contribution in [3.8, 4) is 0 Å². The van der Waals surface area contributed by atoms with E-state index in [2.05, 4.69) is 109 Å². The molecule has 0 radical (unpaired) electrons. The summed E-state index contributed by atoms with van der Waals surface area (Å²) in [5.41, 5.74) is 0. The maximum atomic E-state index is 3.17. The molecular weight excluding hydrogens is 1180 g/mol. The van der Waals surface area contributed by atoms with E-state index in [-0.39, 0.29) is 87.9 Å². The van der Waals surface area contributed by atoms with Crippen LogP contribution in [0, 0.1) is 0 Å². The maximum absolute atomic E-state index is 3.17. The van der Waals surface area contributed by atoms with Gasteiger partial charge in [0.05, 0.1) is 164 Å². The molecule has 0 N–H and O–H groups in total. The van der Waals surface area contributed by atoms with Crippen molar-refractivity contribution in [2.75, 3.05) is 13.6 Å². The summed E-state index contributed by atoms with van der Waals surface area (Å²) in [6.07, 6.45) is 0. The SMILES string of the molecule is CCN([SiH2]N([SiH3])[SiH3])[SiH2]N([SiH3])[SiH3].CC[SiH2]C([SiH2]CC)[SiH2]CC.CC[SiH2]N([SiH2]CC)[SiH](CC)N([SiH2]CC)[SiH2]CC.CN([SiH2]N([SiH3])[SiH3])[SiH2]N([SiH3])[SiH3].[SiH3]C([SiH3])[SiH3].[SiH3]N([SiH3])[SiH2]N([SiH3])[SiH3]. The summed E-state index contributed by atoms with van der Waals surface area (Å²) in [6, 6.07) is 12.3. The van der Waals surface area contributed by atoms with Gasteiger partial charge >= 0.3 is 0 Å². The molecule has 0 aliphatic rings. The van der Waals surface area contributed by atoms with E-state index in [9.17, 15) is 0 Å². The molecule has 0 atom stereocenters. The standard InChI is InChI=1S/C10H34N2Si5.C7H22Si3.C2H21N3Si6.CH19N3Si6.CH10Si3.H14N2Si5/c1-6-13-11(14-7-2)17(10-5)12(15-8-3)16-9-4;1-4-8-7(9-5-2)10-6-3;1-2-3(10-4(6)7)11-5(8)9;1-2(9-3(5)6)10-4(7)8;2-1(3)4;3-1(4)7-2(5)6/h17H,6-10,13-16H2,1-5H3;7H,4-6,8-10H2,1-3H3;2,10-11H2,1,6-9H3;9-10H2,1,5-8H3;1H,2-4H3;7H2,3-6H3. The normalized spacial score (nSPS) is 16.1. The van der Waals surface area contributed by atoms with Crippen molar-refractivity contribution in [2.24, 2.45) is 0 Å². The lowest BCUT2D eigenvalue weighted by molar-refractivity contribution is 0.667. The van der Waals surface area contributed by atoms with Gasteiger partial charge < -0.3 is 39.6 Å². The van der Waals surface area contributed by atoms with Gasteiger partial charge in [-0.2, -0.15) is 0 Å². The molecule has 0 rings (SSSR count). The summed E-state index contributed by atoms with van der Waals surface area (Å²) in [4.78, 5) is 2.69. The van der Waals surface area contributed by atoms with Crippen molar-refractivity contribution in [2.45, 2.75) is 120 Å². The Hall–Kier alpha value is 5.67. The molecule has 0 saturated carbocycles. The fourth-order valence-corrected chi connectivity index (χ4v) is 90.5. The van der Waals surface area contributed by atoms with Gasteiger partial charge in [-0.15, -0.1) is 0 Å². The number of hydrogen-bond acceptors (Lipinski definition) is 10. The van der Waals surface area contributed by atoms with Crippen LogP contribution in [0.4, 0.5) is 0 Å². The van der Waals surface area contributed by atoms with Gasteiger partial charge in [-0.1, -0.05) is 114 Å². The summed E-state index contributed by atoms with van der Waals surface area (Å²) < 4.78 is 27.6. The third kappa shape index (κ3) is 70.4. The largest absolute Gasteiger partial charge is 0.377 e. The Balaban J connectivity index is -0.000000149. The molecule has 0 unspecified atom stereocenters. The average Bonchev–Trinajstić information content (AvgIpc) is 3.08. The van der Waals surface area contributed by atoms with Gasteiger partial charge in [-0.3, -0.25) is 0 Å². The molecule has 366 valence electrons. The second kappa shape index (κ2) is 58.0. The number of nitrogens with zero attached hydrogens (tertiary/aromatic N) is 10. The van der Waals surface area contributed by atoms with Gasteiger partial charge in [0.15, 0.2) is 48.5 Å². The third-order valence-corrected chi connectivity index (χ3v) is 57.0. The van der Waals surface area contributed by atoms with Crippen molar-refractivity contribution in [3.63, 3.8) is 0 Å². The fraction of sp³-hybridized carbons (Fsp3) is 1.00. The van der Waals surface area contributed by atoms with E-state index in [1.807, 2.05) is 0 Å². The van der Waals surface area contributed by atoms with Crippen LogP contribution in [-0.2, 0) is 0 Å². The van der Waals surface area contributed by atoms with Crippen molar-refractivity contribution < 1.29 is 0 Å². The van der Waals surface area contributed by atoms with Crippen LogP contribution < -0.4 is 0 Å². The fourth-order valence-electron chi connectivity index (χ4n) is 6.99. The Morgan fingerprint density at radius 3 is 0.814 bits per heavy atom. The van der Waals surface area contributed by atoms with Crippen LogP contribution in [0.5, 0.6) is 0 Å². The number of hydrogen-bond donors (Lipinski definition) is 0. The van der Waals surface area contributed by atoms with Crippen LogP contribution in [0.3, 0.4) is 0 Å². The Kier molecular flexibility index (Phi) is 74.9. The highest BCUT2D eigenvalue weighted by atomic mass is 28.4. The van der Waals surface area contributed by atoms with Crippen LogP contribution in [0.15, 0.2) is 0 Å². The van der Waals surface area contributed by atoms with Crippen LogP contribution in [0.1, 0.15) is 62.3 Å². The predicted octanol–water partition coefficient (Wildman–Crippen LogP) is -23.4. The average molecular weight is 1300 g/mol. The molecule has 0 amide bonds. The minimum absolute atomic E-state index is 0.0719. The molecule has 0 spiro atoms. The van der Waals surface area contributed by atoms with E-state index in [0.717, 1.165) is 0 Å². The molecule has 59 heavy (non-hydrogen) atoms. The molecule has 38 heteroatoms. The van der Waals surface area contributed by atoms with E-state index in [0.29, 0.717) is 28.6 Å². The highest BCUT2D eigenvalue weighted by molar-refractivity contribution is 6.82. The van der Waals surface area contributed by atoms with Crippen LogP contribution >= 0.6 is 0 Å². The lowest BCUT2D eigenvalue weighted by Gasteiger charge is -2.38. The summed E-state index contributed by atoms with van der Waals surface area (Å²) in [5.74, 6) is 0. The Morgan fingerprint density at radius 2 is 0.661 bits per heavy atom. The molecule has 0 heterocycles. The molecule has 0 aromatic rings. The Labute approximate surface area is 449 Å². The van der Waals surface area contributed by atoms with Gasteiger partial charge in [-0.25, -0.2) is 0 Å². The van der Waals surface area contributed by atoms with Crippen LogP contribution in [0.25, 0.3) is 0 Å². The van der Waals surface area contributed by atoms with Crippen molar-refractivity contribution >= 4 is 281 Å². The van der Waals surface area contributed by atoms with Crippen molar-refractivity contribution in [1.29, 1.82) is 0 Å². The van der Waals surface area contributed by atoms with Gasteiger partial charge in [-0.05, 0) is 50.4 Å². The quantitative estimate of drug-likeness (QED) is 0.0707. The van der Waals surface area contributed by atoms with Gasteiger partial charge in [0.2, 0.25) is 0 Å². The van der Waals surface area contributed by atoms with Crippen molar-refractivity contribution in [3.05, 3.63) is 0 Å². The number of rotatable bonds is 28. The topological polar surface area (TPSA) is 32.4 Å². The summed E-state index contributed by atoms with van der Waals surface area (Å²) >= 11 is 0. The van der Waals surface area contributed by atoms with Crippen LogP contribution in [0.2, 0.25) is 57.9 Å². The van der Waals surface area contributed by atoms with Gasteiger partial charge in [0, 0.05) is 28.6 Å². The van der Waals surface area contributed by atoms with E-state index >= 15 is 0 Å². The second-order valence-corrected chi connectivity index (χ2v) is 120. The summed E-state index contributed by atoms with van der Waals surface area (Å²) in [6.45, 7) is 23.0. The van der Waals surface area contributed by atoms with E-state index < -0.39 is 9.12 Å². The summed E-state index contributed by atoms with van der Waals surface area (Å²) in [5, 5.41) is 0. The van der Waals surface area contributed by atoms with Crippen molar-refractivity contribution in [1.82, 2.24) is 39.6 Å². The minimum atomic E-state index is -0.600. The first kappa shape index (κ1) is 76.2. The molecular formula is C21H120N10Si28. The maximum Gasteiger partial charge on any atom is 0.161 e. The minimum Gasteiger partial charge on any atom is -0.377 e. The van der Waals surface area contributed by atoms with E-state index in [1.54, 1.807) is 18.1 Å². The predicted molar refractivity (Wildman–Crippen MR) is 385 cm³/mol. The highest BCUT2D eigenvalue weighted by Crippen LogP contribution is 2.07. The van der Waals surface area contributed by atoms with Gasteiger partial charge in [0.1, 0.15) is 9.84 Å². The molecule has 0 aromatic carbocycles. The zero-order chi connectivity index (χ0) is 47.4. The Morgan fingerprint density at radius 1 is 0.407 bits per heavy atom. The molecule has 0 aromatic heterocycles. The van der Waals surface area contributed by atoms with E-state index in [1.165, 1.54) is 202 Å². The van der Waals surface area contributed by atoms with Gasteiger partial charge in [0.25, 0.3) is 0 Å². The zero-order valence-electron chi connectivity index (χ0n) is 46.1. The van der Waals surface area contributed by atoms with Crippen LogP contribution in [-0.4, -0.2) is 334 Å². The molecule has 0 aliphatic heterocycles. The van der Waals surface area contributed by atoms with E-state index in [4.69, 9.17) is 0 Å². The monoisotopic (exact) mass is 1300 g/mol. The molecule has 0 fully saturated rings. The first-order chi connectivity index (χ1) is 27.5. The smallest absolute Gasteiger partial charge is 0.161 e.